The molecular weight excluding hydrogens is 302 g/mol. The molecule has 1 aliphatic carbocycles. The van der Waals surface area contributed by atoms with Gasteiger partial charge in [0.15, 0.2) is 5.13 Å². The number of hydrogen-bond acceptors (Lipinski definition) is 4. The van der Waals surface area contributed by atoms with Gasteiger partial charge in [0.1, 0.15) is 0 Å². The Kier molecular flexibility index (Phi) is 4.78. The highest BCUT2D eigenvalue weighted by atomic mass is 35.5. The standard InChI is InChI=1S/C16H20ClN3S/c1-2-18-13-7-8-14-15(9-13)21-16(20-14)19-10-11-3-5-12(17)6-4-11/h3-6,13,18H,2,7-10H2,1H3,(H,19,20). The second kappa shape index (κ2) is 6.77. The lowest BCUT2D eigenvalue weighted by molar-refractivity contribution is 0.471. The lowest BCUT2D eigenvalue weighted by Gasteiger charge is -2.21. The van der Waals surface area contributed by atoms with Gasteiger partial charge < -0.3 is 10.6 Å². The van der Waals surface area contributed by atoms with E-state index >= 15 is 0 Å². The minimum atomic E-state index is 0.618. The van der Waals surface area contributed by atoms with Crippen LogP contribution in [0.25, 0.3) is 0 Å². The third-order valence-electron chi connectivity index (χ3n) is 3.79. The first-order chi connectivity index (χ1) is 10.2. The number of nitrogens with one attached hydrogen (secondary N) is 2. The summed E-state index contributed by atoms with van der Waals surface area (Å²) in [4.78, 5) is 6.17. The summed E-state index contributed by atoms with van der Waals surface area (Å²) >= 11 is 7.70. The van der Waals surface area contributed by atoms with Crippen LogP contribution in [0.1, 0.15) is 29.5 Å². The van der Waals surface area contributed by atoms with Gasteiger partial charge in [-0.25, -0.2) is 4.98 Å². The number of thiazole rings is 1. The predicted octanol–water partition coefficient (Wildman–Crippen LogP) is 3.88. The highest BCUT2D eigenvalue weighted by Gasteiger charge is 2.21. The Morgan fingerprint density at radius 1 is 1.33 bits per heavy atom. The van der Waals surface area contributed by atoms with Gasteiger partial charge in [0.25, 0.3) is 0 Å². The van der Waals surface area contributed by atoms with E-state index < -0.39 is 0 Å². The number of halogens is 1. The zero-order valence-corrected chi connectivity index (χ0v) is 13.7. The van der Waals surface area contributed by atoms with E-state index in [0.717, 1.165) is 36.1 Å². The SMILES string of the molecule is CCNC1CCc2nc(NCc3ccc(Cl)cc3)sc2C1. The molecule has 0 aliphatic heterocycles. The van der Waals surface area contributed by atoms with Crippen LogP contribution < -0.4 is 10.6 Å². The Hall–Kier alpha value is -1.10. The van der Waals surface area contributed by atoms with Crippen molar-refractivity contribution in [1.82, 2.24) is 10.3 Å². The Morgan fingerprint density at radius 3 is 2.90 bits per heavy atom. The van der Waals surface area contributed by atoms with Gasteiger partial charge in [-0.1, -0.05) is 30.7 Å². The Bertz CT molecular complexity index is 594. The molecule has 3 rings (SSSR count). The average molecular weight is 322 g/mol. The summed E-state index contributed by atoms with van der Waals surface area (Å²) in [5, 5.41) is 8.78. The lowest BCUT2D eigenvalue weighted by atomic mass is 9.98. The van der Waals surface area contributed by atoms with E-state index in [2.05, 4.69) is 17.6 Å². The van der Waals surface area contributed by atoms with Crippen molar-refractivity contribution in [1.29, 1.82) is 0 Å². The van der Waals surface area contributed by atoms with Crippen LogP contribution in [-0.4, -0.2) is 17.6 Å². The van der Waals surface area contributed by atoms with E-state index in [1.54, 1.807) is 11.3 Å². The van der Waals surface area contributed by atoms with Crippen molar-refractivity contribution in [3.63, 3.8) is 0 Å². The zero-order chi connectivity index (χ0) is 14.7. The maximum atomic E-state index is 5.90. The molecule has 0 saturated heterocycles. The predicted molar refractivity (Wildman–Crippen MR) is 90.4 cm³/mol. The minimum absolute atomic E-state index is 0.618. The molecule has 1 atom stereocenters. The fourth-order valence-electron chi connectivity index (χ4n) is 2.69. The van der Waals surface area contributed by atoms with Crippen molar-refractivity contribution in [3.8, 4) is 0 Å². The van der Waals surface area contributed by atoms with Gasteiger partial charge in [0.2, 0.25) is 0 Å². The van der Waals surface area contributed by atoms with Gasteiger partial charge in [0.05, 0.1) is 5.69 Å². The van der Waals surface area contributed by atoms with Crippen LogP contribution in [0.4, 0.5) is 5.13 Å². The van der Waals surface area contributed by atoms with Gasteiger partial charge >= 0.3 is 0 Å². The van der Waals surface area contributed by atoms with Crippen LogP contribution in [0.3, 0.4) is 0 Å². The van der Waals surface area contributed by atoms with E-state index in [0.29, 0.717) is 6.04 Å². The summed E-state index contributed by atoms with van der Waals surface area (Å²) < 4.78 is 0. The van der Waals surface area contributed by atoms with Gasteiger partial charge in [0, 0.05) is 22.5 Å². The zero-order valence-electron chi connectivity index (χ0n) is 12.2. The van der Waals surface area contributed by atoms with E-state index in [-0.39, 0.29) is 0 Å². The van der Waals surface area contributed by atoms with Crippen molar-refractivity contribution < 1.29 is 0 Å². The number of nitrogens with zero attached hydrogens (tertiary/aromatic N) is 1. The first-order valence-electron chi connectivity index (χ1n) is 7.45. The second-order valence-corrected chi connectivity index (χ2v) is 6.89. The number of aryl methyl sites for hydroxylation is 1. The topological polar surface area (TPSA) is 37.0 Å². The third-order valence-corrected chi connectivity index (χ3v) is 5.12. The van der Waals surface area contributed by atoms with E-state index in [1.807, 2.05) is 24.3 Å². The molecule has 0 radical (unpaired) electrons. The van der Waals surface area contributed by atoms with Crippen molar-refractivity contribution in [2.45, 2.75) is 38.8 Å². The number of hydrogen-bond donors (Lipinski definition) is 2. The van der Waals surface area contributed by atoms with Crippen LogP contribution in [0.2, 0.25) is 5.02 Å². The molecule has 0 fully saturated rings. The Morgan fingerprint density at radius 2 is 2.14 bits per heavy atom. The molecule has 3 nitrogen and oxygen atoms in total. The molecular formula is C16H20ClN3S. The van der Waals surface area contributed by atoms with Gasteiger partial charge in [-0.3, -0.25) is 0 Å². The quantitative estimate of drug-likeness (QED) is 0.877. The maximum absolute atomic E-state index is 5.90. The number of likely N-dealkylation sites (N-methyl/N-ethyl adjacent to an activating group) is 1. The summed E-state index contributed by atoms with van der Waals surface area (Å²) in [5.41, 5.74) is 2.51. The van der Waals surface area contributed by atoms with Gasteiger partial charge in [-0.15, -0.1) is 11.3 Å². The van der Waals surface area contributed by atoms with E-state index in [4.69, 9.17) is 16.6 Å². The molecule has 5 heteroatoms. The summed E-state index contributed by atoms with van der Waals surface area (Å²) in [6, 6.07) is 8.56. The average Bonchev–Trinajstić information content (AvgIpc) is 2.89. The van der Waals surface area contributed by atoms with Crippen LogP contribution >= 0.6 is 22.9 Å². The monoisotopic (exact) mass is 321 g/mol. The number of anilines is 1. The maximum Gasteiger partial charge on any atom is 0.183 e. The van der Waals surface area contributed by atoms with Crippen LogP contribution in [0.15, 0.2) is 24.3 Å². The first kappa shape index (κ1) is 14.8. The fraction of sp³-hybridized carbons (Fsp3) is 0.438. The van der Waals surface area contributed by atoms with E-state index in [1.165, 1.54) is 22.6 Å². The Balaban J connectivity index is 1.61. The molecule has 21 heavy (non-hydrogen) atoms. The molecule has 1 aliphatic rings. The summed E-state index contributed by atoms with van der Waals surface area (Å²) in [6.45, 7) is 4.00. The number of fused-ring (bicyclic) bond motifs is 1. The molecule has 0 spiro atoms. The molecule has 0 amide bonds. The van der Waals surface area contributed by atoms with Crippen LogP contribution in [-0.2, 0) is 19.4 Å². The smallest absolute Gasteiger partial charge is 0.183 e. The molecule has 1 heterocycles. The molecule has 1 aromatic heterocycles. The number of rotatable bonds is 5. The number of aromatic nitrogens is 1. The largest absolute Gasteiger partial charge is 0.357 e. The third kappa shape index (κ3) is 3.76. The highest BCUT2D eigenvalue weighted by molar-refractivity contribution is 7.15. The first-order valence-corrected chi connectivity index (χ1v) is 8.64. The van der Waals surface area contributed by atoms with Gasteiger partial charge in [-0.2, -0.15) is 0 Å². The molecule has 2 N–H and O–H groups in total. The van der Waals surface area contributed by atoms with Crippen LogP contribution in [0.5, 0.6) is 0 Å². The molecule has 0 saturated carbocycles. The molecule has 1 aromatic carbocycles. The summed E-state index contributed by atoms with van der Waals surface area (Å²) in [7, 11) is 0. The molecule has 1 unspecified atom stereocenters. The minimum Gasteiger partial charge on any atom is -0.357 e. The van der Waals surface area contributed by atoms with Gasteiger partial charge in [-0.05, 0) is 43.5 Å². The van der Waals surface area contributed by atoms with Crippen molar-refractivity contribution in [2.24, 2.45) is 0 Å². The lowest BCUT2D eigenvalue weighted by Crippen LogP contribution is -2.33. The second-order valence-electron chi connectivity index (χ2n) is 5.37. The molecule has 112 valence electrons. The normalized spacial score (nSPS) is 17.5. The van der Waals surface area contributed by atoms with Crippen molar-refractivity contribution in [2.75, 3.05) is 11.9 Å². The van der Waals surface area contributed by atoms with Crippen molar-refractivity contribution >= 4 is 28.1 Å². The summed E-state index contributed by atoms with van der Waals surface area (Å²) in [5.74, 6) is 0. The number of benzene rings is 1. The molecule has 0 bridgehead atoms. The highest BCUT2D eigenvalue weighted by Crippen LogP contribution is 2.30. The van der Waals surface area contributed by atoms with Crippen LogP contribution in [0, 0.1) is 0 Å². The van der Waals surface area contributed by atoms with Crippen molar-refractivity contribution in [3.05, 3.63) is 45.4 Å². The van der Waals surface area contributed by atoms with E-state index in [9.17, 15) is 0 Å². The fourth-order valence-corrected chi connectivity index (χ4v) is 3.90. The molecule has 2 aromatic rings. The Labute approximate surface area is 134 Å². The summed E-state index contributed by atoms with van der Waals surface area (Å²) in [6.07, 6.45) is 3.40.